The van der Waals surface area contributed by atoms with Crippen molar-refractivity contribution in [3.8, 4) is 5.82 Å². The summed E-state index contributed by atoms with van der Waals surface area (Å²) in [5.74, 6) is 1.30. The highest BCUT2D eigenvalue weighted by molar-refractivity contribution is 5.78. The molecule has 2 atom stereocenters. The lowest BCUT2D eigenvalue weighted by Gasteiger charge is -2.33. The van der Waals surface area contributed by atoms with Crippen LogP contribution in [0.15, 0.2) is 60.7 Å². The number of likely N-dealkylation sites (tertiary alicyclic amines) is 1. The first-order valence-corrected chi connectivity index (χ1v) is 13.5. The normalized spacial score (nSPS) is 20.3. The lowest BCUT2D eigenvalue weighted by Crippen LogP contribution is -2.42. The van der Waals surface area contributed by atoms with Gasteiger partial charge in [0, 0.05) is 51.9 Å². The minimum Gasteiger partial charge on any atom is -0.375 e. The van der Waals surface area contributed by atoms with Gasteiger partial charge in [0.15, 0.2) is 5.82 Å². The van der Waals surface area contributed by atoms with E-state index in [0.29, 0.717) is 48.3 Å². The van der Waals surface area contributed by atoms with Crippen LogP contribution >= 0.6 is 0 Å². The number of fused-ring (bicyclic) bond motifs is 1. The molecule has 4 heterocycles. The fraction of sp³-hybridized carbons (Fsp3) is 0.414. The van der Waals surface area contributed by atoms with Crippen molar-refractivity contribution in [1.82, 2.24) is 24.4 Å². The van der Waals surface area contributed by atoms with E-state index in [0.717, 1.165) is 26.1 Å². The molecule has 2 saturated heterocycles. The van der Waals surface area contributed by atoms with Crippen molar-refractivity contribution in [2.75, 3.05) is 49.6 Å². The van der Waals surface area contributed by atoms with E-state index < -0.39 is 6.43 Å². The Bertz CT molecular complexity index is 1430. The van der Waals surface area contributed by atoms with Gasteiger partial charge in [0.1, 0.15) is 11.6 Å². The number of likely N-dealkylation sites (N-methyl/N-ethyl adjacent to an activating group) is 1. The van der Waals surface area contributed by atoms with Gasteiger partial charge in [-0.1, -0.05) is 42.5 Å². The zero-order chi connectivity index (χ0) is 26.9. The maximum atomic E-state index is 14.2. The van der Waals surface area contributed by atoms with Crippen molar-refractivity contribution in [2.45, 2.75) is 38.5 Å². The van der Waals surface area contributed by atoms with Gasteiger partial charge in [-0.15, -0.1) is 0 Å². The molecule has 10 heteroatoms. The van der Waals surface area contributed by atoms with E-state index >= 15 is 0 Å². The number of anilines is 2. The predicted octanol–water partition coefficient (Wildman–Crippen LogP) is 4.69. The Hall–Kier alpha value is -3.63. The Kier molecular flexibility index (Phi) is 7.14. The Labute approximate surface area is 226 Å². The highest BCUT2D eigenvalue weighted by atomic mass is 19.3. The number of benzene rings is 2. The van der Waals surface area contributed by atoms with Crippen LogP contribution < -0.4 is 9.80 Å². The van der Waals surface area contributed by atoms with Crippen LogP contribution in [0.1, 0.15) is 31.2 Å². The van der Waals surface area contributed by atoms with Crippen molar-refractivity contribution in [3.05, 3.63) is 72.1 Å². The van der Waals surface area contributed by atoms with E-state index in [-0.39, 0.29) is 18.0 Å². The summed E-state index contributed by atoms with van der Waals surface area (Å²) in [6.45, 7) is 6.68. The quantitative estimate of drug-likeness (QED) is 0.342. The summed E-state index contributed by atoms with van der Waals surface area (Å²) in [5, 5.41) is 0. The molecule has 39 heavy (non-hydrogen) atoms. The van der Waals surface area contributed by atoms with Gasteiger partial charge >= 0.3 is 0 Å². The van der Waals surface area contributed by atoms with E-state index in [4.69, 9.17) is 14.7 Å². The molecule has 2 fully saturated rings. The fourth-order valence-corrected chi connectivity index (χ4v) is 5.58. The smallest absolute Gasteiger partial charge is 0.296 e. The minimum absolute atomic E-state index is 0.0467. The van der Waals surface area contributed by atoms with Crippen molar-refractivity contribution < 1.29 is 13.5 Å². The maximum Gasteiger partial charge on any atom is 0.296 e. The third-order valence-electron chi connectivity index (χ3n) is 7.62. The molecule has 0 radical (unpaired) electrons. The van der Waals surface area contributed by atoms with Crippen molar-refractivity contribution in [1.29, 1.82) is 0 Å². The van der Waals surface area contributed by atoms with Gasteiger partial charge in [-0.05, 0) is 31.0 Å². The van der Waals surface area contributed by atoms with E-state index in [1.165, 1.54) is 10.1 Å². The molecule has 204 valence electrons. The summed E-state index contributed by atoms with van der Waals surface area (Å²) in [4.78, 5) is 20.7. The van der Waals surface area contributed by atoms with Gasteiger partial charge in [0.2, 0.25) is 5.95 Å². The molecule has 2 aliphatic heterocycles. The zero-order valence-corrected chi connectivity index (χ0v) is 22.2. The number of imidazole rings is 1. The van der Waals surface area contributed by atoms with Crippen molar-refractivity contribution in [2.24, 2.45) is 0 Å². The standard InChI is InChI=1S/C29H33F2N7O/c1-20-17-37(14-15-39-20)25-16-26(38-24-11-7-6-10-23(24)32-28(38)27(30)31)34-29(33-25)35(2)22-12-13-36(19-22)18-21-8-4-3-5-9-21/h3-11,16,20,22,27H,12-15,17-19H2,1-2H3. The second-order valence-corrected chi connectivity index (χ2v) is 10.4. The van der Waals surface area contributed by atoms with E-state index in [2.05, 4.69) is 43.9 Å². The molecule has 2 aromatic carbocycles. The molecule has 0 amide bonds. The lowest BCUT2D eigenvalue weighted by molar-refractivity contribution is 0.0529. The summed E-state index contributed by atoms with van der Waals surface area (Å²) >= 11 is 0. The number of alkyl halides is 2. The summed E-state index contributed by atoms with van der Waals surface area (Å²) in [5.41, 5.74) is 2.39. The number of aromatic nitrogens is 4. The first kappa shape index (κ1) is 25.6. The van der Waals surface area contributed by atoms with E-state index in [1.807, 2.05) is 26.1 Å². The summed E-state index contributed by atoms with van der Waals surface area (Å²) < 4.78 is 35.6. The average molecular weight is 534 g/mol. The molecule has 6 rings (SSSR count). The maximum absolute atomic E-state index is 14.2. The van der Waals surface area contributed by atoms with Crippen molar-refractivity contribution in [3.63, 3.8) is 0 Å². The molecular formula is C29H33F2N7O. The molecule has 0 spiro atoms. The summed E-state index contributed by atoms with van der Waals surface area (Å²) in [7, 11) is 2.00. The van der Waals surface area contributed by atoms with Gasteiger partial charge in [-0.3, -0.25) is 9.47 Å². The highest BCUT2D eigenvalue weighted by Gasteiger charge is 2.30. The topological polar surface area (TPSA) is 62.6 Å². The molecule has 2 aliphatic rings. The molecule has 8 nitrogen and oxygen atoms in total. The summed E-state index contributed by atoms with van der Waals surface area (Å²) in [6, 6.07) is 19.6. The van der Waals surface area contributed by atoms with Crippen LogP contribution in [-0.2, 0) is 11.3 Å². The van der Waals surface area contributed by atoms with E-state index in [1.54, 1.807) is 24.3 Å². The summed E-state index contributed by atoms with van der Waals surface area (Å²) in [6.07, 6.45) is -1.73. The Morgan fingerprint density at radius 1 is 0.974 bits per heavy atom. The molecule has 0 bridgehead atoms. The van der Waals surface area contributed by atoms with Crippen LogP contribution in [0.25, 0.3) is 16.9 Å². The van der Waals surface area contributed by atoms with Crippen molar-refractivity contribution >= 4 is 22.8 Å². The van der Waals surface area contributed by atoms with Crippen LogP contribution in [0.3, 0.4) is 0 Å². The number of ether oxygens (including phenoxy) is 1. The average Bonchev–Trinajstić information content (AvgIpc) is 3.58. The Morgan fingerprint density at radius 3 is 2.54 bits per heavy atom. The molecular weight excluding hydrogens is 500 g/mol. The molecule has 2 unspecified atom stereocenters. The van der Waals surface area contributed by atoms with Crippen LogP contribution in [0.4, 0.5) is 20.5 Å². The number of para-hydroxylation sites is 2. The Morgan fingerprint density at radius 2 is 1.74 bits per heavy atom. The first-order chi connectivity index (χ1) is 19.0. The fourth-order valence-electron chi connectivity index (χ4n) is 5.58. The first-order valence-electron chi connectivity index (χ1n) is 13.5. The number of morpholine rings is 1. The minimum atomic E-state index is -2.75. The monoisotopic (exact) mass is 533 g/mol. The third kappa shape index (κ3) is 5.31. The number of rotatable bonds is 7. The Balaban J connectivity index is 1.36. The molecule has 0 N–H and O–H groups in total. The molecule has 0 saturated carbocycles. The molecule has 0 aliphatic carbocycles. The van der Waals surface area contributed by atoms with Crippen LogP contribution in [0, 0.1) is 0 Å². The molecule has 2 aromatic heterocycles. The van der Waals surface area contributed by atoms with Crippen LogP contribution in [-0.4, -0.2) is 76.4 Å². The molecule has 4 aromatic rings. The number of hydrogen-bond acceptors (Lipinski definition) is 7. The van der Waals surface area contributed by atoms with Crippen LogP contribution in [0.5, 0.6) is 0 Å². The second kappa shape index (κ2) is 10.9. The third-order valence-corrected chi connectivity index (χ3v) is 7.62. The SMILES string of the molecule is CC1CN(c2cc(-n3c(C(F)F)nc4ccccc43)nc(N(C)C3CCN(Cc4ccccc4)C3)n2)CCO1. The lowest BCUT2D eigenvalue weighted by atomic mass is 10.2. The highest BCUT2D eigenvalue weighted by Crippen LogP contribution is 2.31. The van der Waals surface area contributed by atoms with E-state index in [9.17, 15) is 8.78 Å². The largest absolute Gasteiger partial charge is 0.375 e. The van der Waals surface area contributed by atoms with Gasteiger partial charge < -0.3 is 14.5 Å². The zero-order valence-electron chi connectivity index (χ0n) is 22.2. The second-order valence-electron chi connectivity index (χ2n) is 10.4. The van der Waals surface area contributed by atoms with Gasteiger partial charge in [-0.25, -0.2) is 13.8 Å². The van der Waals surface area contributed by atoms with Gasteiger partial charge in [0.25, 0.3) is 6.43 Å². The van der Waals surface area contributed by atoms with Crippen LogP contribution in [0.2, 0.25) is 0 Å². The number of hydrogen-bond donors (Lipinski definition) is 0. The van der Waals surface area contributed by atoms with Gasteiger partial charge in [-0.2, -0.15) is 9.97 Å². The number of halogens is 2. The van der Waals surface area contributed by atoms with Gasteiger partial charge in [0.05, 0.1) is 23.7 Å². The predicted molar refractivity (Wildman–Crippen MR) is 148 cm³/mol. The number of nitrogens with zero attached hydrogens (tertiary/aromatic N) is 7.